The Bertz CT molecular complexity index is 1080. The van der Waals surface area contributed by atoms with E-state index < -0.39 is 10.0 Å². The fourth-order valence-electron chi connectivity index (χ4n) is 2.62. The molecule has 138 valence electrons. The van der Waals surface area contributed by atoms with Gasteiger partial charge in [0.2, 0.25) is 0 Å². The van der Waals surface area contributed by atoms with Crippen molar-refractivity contribution < 1.29 is 28.7 Å². The second kappa shape index (κ2) is 6.78. The third-order valence-corrected chi connectivity index (χ3v) is 5.91. The third kappa shape index (κ3) is 3.00. The molecule has 3 N–H and O–H groups in total. The van der Waals surface area contributed by atoms with Gasteiger partial charge in [0.05, 0.1) is 29.2 Å². The molecule has 0 unspecified atom stereocenters. The van der Waals surface area contributed by atoms with Crippen LogP contribution < -0.4 is 9.96 Å². The minimum atomic E-state index is -4.11. The molecule has 1 aromatic heterocycles. The van der Waals surface area contributed by atoms with Gasteiger partial charge >= 0.3 is 0 Å². The van der Waals surface area contributed by atoms with E-state index in [9.17, 15) is 23.9 Å². The van der Waals surface area contributed by atoms with Gasteiger partial charge in [0.1, 0.15) is 11.4 Å². The fraction of sp³-hybridized carbons (Fsp3) is 0.125. The molecule has 8 nitrogen and oxygen atoms in total. The monoisotopic (exact) mass is 398 g/mol. The first-order valence-electron chi connectivity index (χ1n) is 7.31. The Morgan fingerprint density at radius 1 is 1.19 bits per heavy atom. The number of hydrogen-bond donors (Lipinski definition) is 3. The van der Waals surface area contributed by atoms with E-state index in [0.717, 1.165) is 10.0 Å². The lowest BCUT2D eigenvalue weighted by atomic mass is 10.2. The van der Waals surface area contributed by atoms with Gasteiger partial charge in [-0.15, -0.1) is 5.23 Å². The largest absolute Gasteiger partial charge is 0.497 e. The molecule has 0 saturated heterocycles. The van der Waals surface area contributed by atoms with Gasteiger partial charge in [0.25, 0.3) is 10.0 Å². The number of fused-ring (bicyclic) bond motifs is 1. The van der Waals surface area contributed by atoms with Gasteiger partial charge in [-0.25, -0.2) is 12.4 Å². The maximum atomic E-state index is 13.1. The van der Waals surface area contributed by atoms with E-state index >= 15 is 0 Å². The number of nitrogens with zero attached hydrogens (tertiary/aromatic N) is 2. The molecule has 0 aliphatic rings. The van der Waals surface area contributed by atoms with Crippen LogP contribution in [0.4, 0.5) is 5.69 Å². The normalized spacial score (nSPS) is 11.7. The third-order valence-electron chi connectivity index (χ3n) is 3.92. The van der Waals surface area contributed by atoms with E-state index in [1.54, 1.807) is 12.1 Å². The van der Waals surface area contributed by atoms with Gasteiger partial charge < -0.3 is 9.84 Å². The van der Waals surface area contributed by atoms with Gasteiger partial charge in [0.15, 0.2) is 0 Å². The standard InChI is InChI=1S/C16H15ClN2O6S/c1-25-11-2-4-13-10(9-20)8-18(15(13)6-11)26(23,24)12-3-5-14(17)16(7-12)19(21)22/h2-8,20-22H,9H2,1H3. The molecule has 0 amide bonds. The van der Waals surface area contributed by atoms with Crippen molar-refractivity contribution in [3.05, 3.63) is 53.2 Å². The minimum Gasteiger partial charge on any atom is -0.497 e. The lowest BCUT2D eigenvalue weighted by Crippen LogP contribution is -2.15. The van der Waals surface area contributed by atoms with Gasteiger partial charge in [0, 0.05) is 23.2 Å². The van der Waals surface area contributed by atoms with Crippen LogP contribution >= 0.6 is 11.6 Å². The molecule has 2 aromatic carbocycles. The summed E-state index contributed by atoms with van der Waals surface area (Å²) in [6.45, 7) is -0.349. The molecule has 3 aromatic rings. The van der Waals surface area contributed by atoms with E-state index in [1.165, 1.54) is 31.5 Å². The Kier molecular flexibility index (Phi) is 4.82. The summed E-state index contributed by atoms with van der Waals surface area (Å²) in [7, 11) is -2.65. The van der Waals surface area contributed by atoms with E-state index in [-0.39, 0.29) is 27.4 Å². The Balaban J connectivity index is 2.26. The molecule has 10 heteroatoms. The predicted octanol–water partition coefficient (Wildman–Crippen LogP) is 2.62. The number of halogens is 1. The molecule has 0 atom stereocenters. The van der Waals surface area contributed by atoms with Crippen molar-refractivity contribution in [3.63, 3.8) is 0 Å². The molecule has 3 rings (SSSR count). The molecule has 0 bridgehead atoms. The molecule has 1 heterocycles. The molecule has 0 spiro atoms. The summed E-state index contributed by atoms with van der Waals surface area (Å²) in [5.41, 5.74) is 0.449. The molecule has 0 radical (unpaired) electrons. The highest BCUT2D eigenvalue weighted by Crippen LogP contribution is 2.32. The second-order valence-electron chi connectivity index (χ2n) is 5.40. The lowest BCUT2D eigenvalue weighted by Gasteiger charge is -2.13. The zero-order valence-corrected chi connectivity index (χ0v) is 15.1. The predicted molar refractivity (Wildman–Crippen MR) is 94.5 cm³/mol. The number of aliphatic hydroxyl groups is 1. The quantitative estimate of drug-likeness (QED) is 0.566. The van der Waals surface area contributed by atoms with Crippen LogP contribution in [0.25, 0.3) is 10.9 Å². The Morgan fingerprint density at radius 2 is 1.92 bits per heavy atom. The first-order valence-corrected chi connectivity index (χ1v) is 9.13. The average Bonchev–Trinajstić information content (AvgIpc) is 3.00. The molecule has 0 aliphatic carbocycles. The Labute approximate surface area is 154 Å². The Hall–Kier alpha value is -2.30. The van der Waals surface area contributed by atoms with Gasteiger partial charge in [-0.3, -0.25) is 10.4 Å². The van der Waals surface area contributed by atoms with Crippen LogP contribution in [-0.4, -0.2) is 35.0 Å². The summed E-state index contributed by atoms with van der Waals surface area (Å²) < 4.78 is 32.3. The zero-order valence-electron chi connectivity index (χ0n) is 13.5. The second-order valence-corrected chi connectivity index (χ2v) is 7.62. The molecule has 0 fully saturated rings. The highest BCUT2D eigenvalue weighted by atomic mass is 35.5. The fourth-order valence-corrected chi connectivity index (χ4v) is 4.21. The summed E-state index contributed by atoms with van der Waals surface area (Å²) in [5.74, 6) is 0.449. The number of aromatic nitrogens is 1. The molecule has 26 heavy (non-hydrogen) atoms. The van der Waals surface area contributed by atoms with E-state index in [0.29, 0.717) is 22.2 Å². The average molecular weight is 399 g/mol. The number of methoxy groups -OCH3 is 1. The van der Waals surface area contributed by atoms with Crippen molar-refractivity contribution >= 4 is 38.2 Å². The van der Waals surface area contributed by atoms with Gasteiger partial charge in [-0.1, -0.05) is 11.6 Å². The van der Waals surface area contributed by atoms with E-state index in [2.05, 4.69) is 0 Å². The van der Waals surface area contributed by atoms with Crippen molar-refractivity contribution in [2.45, 2.75) is 11.5 Å². The highest BCUT2D eigenvalue weighted by Gasteiger charge is 2.23. The van der Waals surface area contributed by atoms with Crippen LogP contribution in [0, 0.1) is 0 Å². The molecular weight excluding hydrogens is 384 g/mol. The topological polar surface area (TPSA) is 112 Å². The maximum absolute atomic E-state index is 13.1. The van der Waals surface area contributed by atoms with Crippen LogP contribution in [0.15, 0.2) is 47.5 Å². The summed E-state index contributed by atoms with van der Waals surface area (Å²) >= 11 is 5.84. The van der Waals surface area contributed by atoms with Crippen molar-refractivity contribution in [2.75, 3.05) is 12.3 Å². The van der Waals surface area contributed by atoms with Crippen LogP contribution in [0.1, 0.15) is 5.56 Å². The van der Waals surface area contributed by atoms with Gasteiger partial charge in [-0.2, -0.15) is 0 Å². The number of aliphatic hydroxyl groups excluding tert-OH is 1. The highest BCUT2D eigenvalue weighted by molar-refractivity contribution is 7.90. The van der Waals surface area contributed by atoms with Crippen molar-refractivity contribution in [2.24, 2.45) is 0 Å². The molecule has 0 aliphatic heterocycles. The van der Waals surface area contributed by atoms with Crippen LogP contribution in [0.2, 0.25) is 5.02 Å². The van der Waals surface area contributed by atoms with Crippen LogP contribution in [0.3, 0.4) is 0 Å². The first kappa shape index (κ1) is 18.5. The maximum Gasteiger partial charge on any atom is 0.268 e. The van der Waals surface area contributed by atoms with Crippen molar-refractivity contribution in [1.29, 1.82) is 0 Å². The number of ether oxygens (including phenoxy) is 1. The SMILES string of the molecule is COc1ccc2c(CO)cn(S(=O)(=O)c3ccc(Cl)c(N(O)O)c3)c2c1. The molecule has 0 saturated carbocycles. The summed E-state index contributed by atoms with van der Waals surface area (Å²) in [6, 6.07) is 8.36. The van der Waals surface area contributed by atoms with E-state index in [1.807, 2.05) is 0 Å². The zero-order chi connectivity index (χ0) is 19.1. The van der Waals surface area contributed by atoms with Crippen LogP contribution in [-0.2, 0) is 16.6 Å². The van der Waals surface area contributed by atoms with E-state index in [4.69, 9.17) is 16.3 Å². The van der Waals surface area contributed by atoms with Gasteiger partial charge in [-0.05, 0) is 30.3 Å². The summed E-state index contributed by atoms with van der Waals surface area (Å²) in [6.07, 6.45) is 1.31. The van der Waals surface area contributed by atoms with Crippen molar-refractivity contribution in [1.82, 2.24) is 3.97 Å². The summed E-state index contributed by atoms with van der Waals surface area (Å²) in [4.78, 5) is -0.214. The Morgan fingerprint density at radius 3 is 2.54 bits per heavy atom. The number of hydrogen-bond acceptors (Lipinski definition) is 7. The number of anilines is 1. The summed E-state index contributed by atoms with van der Waals surface area (Å²) in [5, 5.41) is 28.2. The molecular formula is C16H15ClN2O6S. The van der Waals surface area contributed by atoms with Crippen molar-refractivity contribution in [3.8, 4) is 5.75 Å². The smallest absolute Gasteiger partial charge is 0.268 e. The number of benzene rings is 2. The minimum absolute atomic E-state index is 0.0379. The first-order chi connectivity index (χ1) is 12.3. The number of rotatable bonds is 5. The van der Waals surface area contributed by atoms with Crippen LogP contribution in [0.5, 0.6) is 5.75 Å². The lowest BCUT2D eigenvalue weighted by molar-refractivity contribution is 0.0291.